The standard InChI is InChI=1S/C17H24N4O2/c1-13(2)23-16-8-6-15(7-9-16)5-4-14(3)20-17(22)10-21-12-18-11-19-21/h6-9,11-14H,4-5,10H2,1-3H3,(H,20,22)/t14-/m1/s1. The van der Waals surface area contributed by atoms with Crippen molar-refractivity contribution in [1.82, 2.24) is 20.1 Å². The highest BCUT2D eigenvalue weighted by Gasteiger charge is 2.08. The smallest absolute Gasteiger partial charge is 0.242 e. The van der Waals surface area contributed by atoms with Crippen LogP contribution in [0.25, 0.3) is 0 Å². The van der Waals surface area contributed by atoms with Crippen LogP contribution in [0.1, 0.15) is 32.8 Å². The van der Waals surface area contributed by atoms with E-state index in [0.717, 1.165) is 18.6 Å². The molecular formula is C17H24N4O2. The molecule has 1 atom stereocenters. The summed E-state index contributed by atoms with van der Waals surface area (Å²) in [6.07, 6.45) is 4.93. The first kappa shape index (κ1) is 17.0. The molecule has 1 amide bonds. The second kappa shape index (κ2) is 8.31. The van der Waals surface area contributed by atoms with Gasteiger partial charge in [0, 0.05) is 6.04 Å². The van der Waals surface area contributed by atoms with Crippen molar-refractivity contribution in [3.63, 3.8) is 0 Å². The van der Waals surface area contributed by atoms with Gasteiger partial charge in [-0.05, 0) is 51.3 Å². The van der Waals surface area contributed by atoms with Crippen molar-refractivity contribution in [3.05, 3.63) is 42.5 Å². The number of hydrogen-bond donors (Lipinski definition) is 1. The van der Waals surface area contributed by atoms with Crippen LogP contribution >= 0.6 is 0 Å². The first-order valence-electron chi connectivity index (χ1n) is 7.90. The van der Waals surface area contributed by atoms with Gasteiger partial charge in [0.2, 0.25) is 5.91 Å². The van der Waals surface area contributed by atoms with Gasteiger partial charge in [-0.25, -0.2) is 9.67 Å². The molecule has 2 rings (SSSR count). The summed E-state index contributed by atoms with van der Waals surface area (Å²) in [4.78, 5) is 15.7. The zero-order chi connectivity index (χ0) is 16.7. The molecule has 0 bridgehead atoms. The van der Waals surface area contributed by atoms with Crippen LogP contribution in [0.3, 0.4) is 0 Å². The molecule has 2 aromatic rings. The van der Waals surface area contributed by atoms with E-state index in [9.17, 15) is 4.79 Å². The molecule has 0 aliphatic heterocycles. The molecule has 6 nitrogen and oxygen atoms in total. The Hall–Kier alpha value is -2.37. The number of carbonyl (C=O) groups is 1. The van der Waals surface area contributed by atoms with Crippen LogP contribution in [0, 0.1) is 0 Å². The molecule has 0 spiro atoms. The van der Waals surface area contributed by atoms with Crippen LogP contribution in [0.2, 0.25) is 0 Å². The van der Waals surface area contributed by atoms with Crippen molar-refractivity contribution in [2.75, 3.05) is 0 Å². The number of nitrogens with zero attached hydrogens (tertiary/aromatic N) is 3. The number of ether oxygens (including phenoxy) is 1. The summed E-state index contributed by atoms with van der Waals surface area (Å²) < 4.78 is 7.14. The van der Waals surface area contributed by atoms with E-state index in [1.807, 2.05) is 32.9 Å². The molecule has 0 fully saturated rings. The van der Waals surface area contributed by atoms with Crippen molar-refractivity contribution in [1.29, 1.82) is 0 Å². The van der Waals surface area contributed by atoms with E-state index >= 15 is 0 Å². The number of carbonyl (C=O) groups excluding carboxylic acids is 1. The average Bonchev–Trinajstić information content (AvgIpc) is 2.98. The minimum Gasteiger partial charge on any atom is -0.491 e. The molecular weight excluding hydrogens is 292 g/mol. The first-order chi connectivity index (χ1) is 11.0. The molecule has 0 saturated carbocycles. The average molecular weight is 316 g/mol. The Kier molecular flexibility index (Phi) is 6.14. The van der Waals surface area contributed by atoms with Crippen LogP contribution in [0.15, 0.2) is 36.9 Å². The maximum Gasteiger partial charge on any atom is 0.242 e. The Morgan fingerprint density at radius 1 is 1.26 bits per heavy atom. The van der Waals surface area contributed by atoms with Crippen LogP contribution in [0.5, 0.6) is 5.75 Å². The fourth-order valence-electron chi connectivity index (χ4n) is 2.24. The summed E-state index contributed by atoms with van der Waals surface area (Å²) in [5.41, 5.74) is 1.23. The highest BCUT2D eigenvalue weighted by Crippen LogP contribution is 2.15. The number of aromatic nitrogens is 3. The van der Waals surface area contributed by atoms with Gasteiger partial charge in [-0.1, -0.05) is 12.1 Å². The van der Waals surface area contributed by atoms with Crippen LogP contribution in [0.4, 0.5) is 0 Å². The van der Waals surface area contributed by atoms with E-state index in [1.165, 1.54) is 22.9 Å². The molecule has 1 aromatic carbocycles. The van der Waals surface area contributed by atoms with Gasteiger partial charge in [-0.15, -0.1) is 0 Å². The Bertz CT molecular complexity index is 594. The van der Waals surface area contributed by atoms with Gasteiger partial charge in [0.25, 0.3) is 0 Å². The number of benzene rings is 1. The lowest BCUT2D eigenvalue weighted by atomic mass is 10.1. The summed E-state index contributed by atoms with van der Waals surface area (Å²) in [7, 11) is 0. The fraction of sp³-hybridized carbons (Fsp3) is 0.471. The number of rotatable bonds is 8. The zero-order valence-electron chi connectivity index (χ0n) is 13.9. The van der Waals surface area contributed by atoms with Gasteiger partial charge in [0.15, 0.2) is 0 Å². The lowest BCUT2D eigenvalue weighted by Gasteiger charge is -2.14. The number of amides is 1. The topological polar surface area (TPSA) is 69.0 Å². The third kappa shape index (κ3) is 6.10. The highest BCUT2D eigenvalue weighted by atomic mass is 16.5. The SMILES string of the molecule is CC(C)Oc1ccc(CC[C@@H](C)NC(=O)Cn2cncn2)cc1. The molecule has 0 aliphatic carbocycles. The van der Waals surface area contributed by atoms with Crippen molar-refractivity contribution >= 4 is 5.91 Å². The summed E-state index contributed by atoms with van der Waals surface area (Å²) in [6.45, 7) is 6.23. The van der Waals surface area contributed by atoms with E-state index in [1.54, 1.807) is 0 Å². The molecule has 0 aliphatic rings. The van der Waals surface area contributed by atoms with E-state index in [0.29, 0.717) is 0 Å². The second-order valence-corrected chi connectivity index (χ2v) is 5.91. The normalized spacial score (nSPS) is 12.2. The maximum atomic E-state index is 11.9. The van der Waals surface area contributed by atoms with Gasteiger partial charge in [0.05, 0.1) is 6.10 Å². The van der Waals surface area contributed by atoms with Crippen molar-refractivity contribution in [2.45, 2.75) is 52.3 Å². The minimum absolute atomic E-state index is 0.0521. The van der Waals surface area contributed by atoms with E-state index < -0.39 is 0 Å². The lowest BCUT2D eigenvalue weighted by molar-refractivity contribution is -0.122. The number of aryl methyl sites for hydroxylation is 1. The van der Waals surface area contributed by atoms with Crippen molar-refractivity contribution in [3.8, 4) is 5.75 Å². The monoisotopic (exact) mass is 316 g/mol. The molecule has 23 heavy (non-hydrogen) atoms. The predicted molar refractivity (Wildman–Crippen MR) is 88.2 cm³/mol. The second-order valence-electron chi connectivity index (χ2n) is 5.91. The molecule has 0 unspecified atom stereocenters. The van der Waals surface area contributed by atoms with Gasteiger partial charge in [-0.2, -0.15) is 5.10 Å². The third-order valence-electron chi connectivity index (χ3n) is 3.34. The van der Waals surface area contributed by atoms with Crippen molar-refractivity contribution < 1.29 is 9.53 Å². The molecule has 1 N–H and O–H groups in total. The van der Waals surface area contributed by atoms with Crippen LogP contribution in [-0.2, 0) is 17.8 Å². The van der Waals surface area contributed by atoms with E-state index in [-0.39, 0.29) is 24.6 Å². The Morgan fingerprint density at radius 2 is 2.00 bits per heavy atom. The Morgan fingerprint density at radius 3 is 2.61 bits per heavy atom. The highest BCUT2D eigenvalue weighted by molar-refractivity contribution is 5.75. The van der Waals surface area contributed by atoms with Crippen LogP contribution < -0.4 is 10.1 Å². The minimum atomic E-state index is -0.0521. The van der Waals surface area contributed by atoms with E-state index in [2.05, 4.69) is 27.5 Å². The zero-order valence-corrected chi connectivity index (χ0v) is 13.9. The number of nitrogens with one attached hydrogen (secondary N) is 1. The molecule has 1 heterocycles. The molecule has 1 aromatic heterocycles. The van der Waals surface area contributed by atoms with Crippen molar-refractivity contribution in [2.24, 2.45) is 0 Å². The van der Waals surface area contributed by atoms with E-state index in [4.69, 9.17) is 4.74 Å². The summed E-state index contributed by atoms with van der Waals surface area (Å²) >= 11 is 0. The molecule has 0 radical (unpaired) electrons. The third-order valence-corrected chi connectivity index (χ3v) is 3.34. The van der Waals surface area contributed by atoms with Crippen LogP contribution in [-0.4, -0.2) is 32.8 Å². The first-order valence-corrected chi connectivity index (χ1v) is 7.90. The quantitative estimate of drug-likeness (QED) is 0.810. The Balaban J connectivity index is 1.73. The molecule has 6 heteroatoms. The van der Waals surface area contributed by atoms with Gasteiger partial charge >= 0.3 is 0 Å². The van der Waals surface area contributed by atoms with Gasteiger partial charge in [0.1, 0.15) is 24.9 Å². The fourth-order valence-corrected chi connectivity index (χ4v) is 2.24. The summed E-state index contributed by atoms with van der Waals surface area (Å²) in [5, 5.41) is 6.89. The van der Waals surface area contributed by atoms with Gasteiger partial charge in [-0.3, -0.25) is 4.79 Å². The largest absolute Gasteiger partial charge is 0.491 e. The molecule has 0 saturated heterocycles. The molecule has 124 valence electrons. The lowest BCUT2D eigenvalue weighted by Crippen LogP contribution is -2.35. The van der Waals surface area contributed by atoms with Gasteiger partial charge < -0.3 is 10.1 Å². The maximum absolute atomic E-state index is 11.9. The Labute approximate surface area is 136 Å². The summed E-state index contributed by atoms with van der Waals surface area (Å²) in [5.74, 6) is 0.835. The summed E-state index contributed by atoms with van der Waals surface area (Å²) in [6, 6.07) is 8.23. The number of hydrogen-bond acceptors (Lipinski definition) is 4. The predicted octanol–water partition coefficient (Wildman–Crippen LogP) is 2.20.